The standard InChI is InChI=1S/C62H44N3.Pt/c1-41-34-35-63-59(36-41)61(55-30-12-6-24-49(55)50-25-7-13-31-56(50)61)45-20-16-18-43(37-45)60(53-28-10-4-22-47(53)48-23-5-11-29-54(48)60)44-19-17-21-46(38-44)62(65-39-42(2)64(3)40-65)57-32-14-8-26-51(57)52-27-9-15-33-58(52)62;/h4-36,39-40H,1-3H3;/q-3;. The van der Waals surface area contributed by atoms with Gasteiger partial charge in [-0.15, -0.1) is 22.3 Å². The van der Waals surface area contributed by atoms with Crippen LogP contribution in [-0.4, -0.2) is 21.8 Å². The molecule has 4 heteroatoms. The molecule has 3 nitrogen and oxygen atoms in total. The summed E-state index contributed by atoms with van der Waals surface area (Å²) >= 11 is 0. The molecule has 320 valence electrons. The van der Waals surface area contributed by atoms with Gasteiger partial charge in [0.25, 0.3) is 0 Å². The zero-order valence-corrected chi connectivity index (χ0v) is 39.1. The van der Waals surface area contributed by atoms with E-state index < -0.39 is 16.4 Å². The Balaban J connectivity index is 0.00000456. The largest absolute Gasteiger partial charge is 0.508 e. The Morgan fingerprint density at radius 3 is 1.26 bits per heavy atom. The van der Waals surface area contributed by atoms with E-state index in [1.807, 2.05) is 6.20 Å². The number of nitrogens with zero attached hydrogens (tertiary/aromatic N) is 3. The van der Waals surface area contributed by atoms with Crippen molar-refractivity contribution in [3.63, 3.8) is 0 Å². The Labute approximate surface area is 402 Å². The van der Waals surface area contributed by atoms with Gasteiger partial charge < -0.3 is 9.80 Å². The third-order valence-electron chi connectivity index (χ3n) is 14.9. The van der Waals surface area contributed by atoms with Gasteiger partial charge in [0.2, 0.25) is 0 Å². The summed E-state index contributed by atoms with van der Waals surface area (Å²) in [6.07, 6.45) is 4.26. The molecule has 3 aliphatic carbocycles. The molecule has 0 fully saturated rings. The normalized spacial score (nSPS) is 16.0. The van der Waals surface area contributed by atoms with Gasteiger partial charge in [-0.05, 0) is 117 Å². The van der Waals surface area contributed by atoms with Crippen LogP contribution in [0.3, 0.4) is 0 Å². The fourth-order valence-electron chi connectivity index (χ4n) is 12.2. The number of aromatic nitrogens is 1. The molecule has 8 aromatic carbocycles. The molecule has 13 rings (SSSR count). The van der Waals surface area contributed by atoms with Crippen LogP contribution in [-0.2, 0) is 37.4 Å². The second-order valence-corrected chi connectivity index (χ2v) is 18.1. The molecule has 1 aliphatic heterocycles. The maximum atomic E-state index is 5.25. The first kappa shape index (κ1) is 40.4. The first-order valence-corrected chi connectivity index (χ1v) is 22.6. The van der Waals surface area contributed by atoms with E-state index in [0.29, 0.717) is 0 Å². The summed E-state index contributed by atoms with van der Waals surface area (Å²) in [5, 5.41) is 0. The van der Waals surface area contributed by atoms with Gasteiger partial charge in [0.1, 0.15) is 0 Å². The minimum Gasteiger partial charge on any atom is -0.508 e. The van der Waals surface area contributed by atoms with Crippen LogP contribution in [0.25, 0.3) is 33.4 Å². The van der Waals surface area contributed by atoms with Crippen molar-refractivity contribution in [2.45, 2.75) is 30.2 Å². The van der Waals surface area contributed by atoms with E-state index in [1.165, 1.54) is 78.0 Å². The minimum atomic E-state index is -0.784. The van der Waals surface area contributed by atoms with Crippen molar-refractivity contribution in [1.82, 2.24) is 14.8 Å². The molecular weight excluding hydrogens is 982 g/mol. The minimum absolute atomic E-state index is 0. The molecule has 0 saturated heterocycles. The van der Waals surface area contributed by atoms with Crippen LogP contribution in [0.5, 0.6) is 0 Å². The van der Waals surface area contributed by atoms with Crippen molar-refractivity contribution in [3.05, 3.63) is 298 Å². The third kappa shape index (κ3) is 5.21. The number of hydrogen-bond donors (Lipinski definition) is 0. The average Bonchev–Trinajstić information content (AvgIpc) is 4.06. The summed E-state index contributed by atoms with van der Waals surface area (Å²) in [7, 11) is 2.14. The smallest absolute Gasteiger partial charge is 0.0686 e. The monoisotopic (exact) mass is 1030 g/mol. The van der Waals surface area contributed by atoms with E-state index in [4.69, 9.17) is 4.98 Å². The number of pyridine rings is 1. The number of rotatable bonds is 6. The van der Waals surface area contributed by atoms with Gasteiger partial charge >= 0.3 is 0 Å². The quantitative estimate of drug-likeness (QED) is 0.155. The topological polar surface area (TPSA) is 19.4 Å². The molecule has 0 bridgehead atoms. The molecule has 0 radical (unpaired) electrons. The summed E-state index contributed by atoms with van der Waals surface area (Å²) in [5.41, 5.74) is 20.2. The van der Waals surface area contributed by atoms with Gasteiger partial charge in [0.05, 0.1) is 16.6 Å². The second kappa shape index (κ2) is 15.0. The predicted octanol–water partition coefficient (Wildman–Crippen LogP) is 13.2. The molecule has 4 aliphatic rings. The maximum absolute atomic E-state index is 5.25. The fourth-order valence-corrected chi connectivity index (χ4v) is 12.2. The molecule has 1 aromatic heterocycles. The second-order valence-electron chi connectivity index (χ2n) is 18.1. The molecule has 66 heavy (non-hydrogen) atoms. The van der Waals surface area contributed by atoms with Crippen LogP contribution >= 0.6 is 0 Å². The molecule has 0 saturated carbocycles. The number of fused-ring (bicyclic) bond motifs is 9. The average molecular weight is 1030 g/mol. The van der Waals surface area contributed by atoms with Crippen molar-refractivity contribution in [3.8, 4) is 33.4 Å². The Bertz CT molecular complexity index is 3320. The summed E-state index contributed by atoms with van der Waals surface area (Å²) in [4.78, 5) is 9.89. The number of aryl methyl sites for hydroxylation is 1. The molecular formula is C62H44N3Pt-3. The van der Waals surface area contributed by atoms with Gasteiger partial charge in [0, 0.05) is 32.7 Å². The number of benzene rings is 8. The Hall–Kier alpha value is -7.06. The van der Waals surface area contributed by atoms with Crippen LogP contribution in [0.15, 0.2) is 212 Å². The Morgan fingerprint density at radius 2 is 0.818 bits per heavy atom. The van der Waals surface area contributed by atoms with Gasteiger partial charge in [-0.3, -0.25) is 4.98 Å². The zero-order valence-electron chi connectivity index (χ0n) is 36.9. The molecule has 0 atom stereocenters. The molecule has 0 amide bonds. The summed E-state index contributed by atoms with van der Waals surface area (Å²) in [6, 6.07) is 80.3. The van der Waals surface area contributed by atoms with Gasteiger partial charge in [-0.1, -0.05) is 146 Å². The van der Waals surface area contributed by atoms with Crippen LogP contribution in [0, 0.1) is 25.7 Å². The van der Waals surface area contributed by atoms with Crippen LogP contribution < -0.4 is 0 Å². The van der Waals surface area contributed by atoms with Crippen LogP contribution in [0.1, 0.15) is 73.8 Å². The Morgan fingerprint density at radius 1 is 0.439 bits per heavy atom. The summed E-state index contributed by atoms with van der Waals surface area (Å²) in [6.45, 7) is 6.60. The van der Waals surface area contributed by atoms with Crippen molar-refractivity contribution in [1.29, 1.82) is 0 Å². The van der Waals surface area contributed by atoms with E-state index >= 15 is 0 Å². The zero-order chi connectivity index (χ0) is 43.5. The number of hydrogen-bond acceptors (Lipinski definition) is 3. The van der Waals surface area contributed by atoms with Gasteiger partial charge in [-0.25, -0.2) is 0 Å². The SMILES string of the molecule is CC1=CN(C2(c3[c-]c(C4(c5[c-]c(C6(c7cc(C)ccn7)c7ccccc7-c7ccccc76)ccc5)c5ccccc5-c5ccccc54)ccc3)c3ccccc3-c3ccccc32)[CH-]N1C.[Pt]. The van der Waals surface area contributed by atoms with E-state index in [1.54, 1.807) is 0 Å². The van der Waals surface area contributed by atoms with Crippen molar-refractivity contribution in [2.75, 3.05) is 7.05 Å². The van der Waals surface area contributed by atoms with Crippen molar-refractivity contribution >= 4 is 0 Å². The molecule has 2 heterocycles. The Kier molecular flexibility index (Phi) is 9.19. The molecule has 0 N–H and O–H groups in total. The van der Waals surface area contributed by atoms with Gasteiger partial charge in [-0.2, -0.15) is 55.2 Å². The van der Waals surface area contributed by atoms with E-state index in [2.05, 4.69) is 250 Å². The third-order valence-corrected chi connectivity index (χ3v) is 14.9. The van der Waals surface area contributed by atoms with E-state index in [-0.39, 0.29) is 21.1 Å². The van der Waals surface area contributed by atoms with E-state index in [9.17, 15) is 0 Å². The maximum Gasteiger partial charge on any atom is 0.0686 e. The molecule has 0 spiro atoms. The summed E-state index contributed by atoms with van der Waals surface area (Å²) < 4.78 is 0. The van der Waals surface area contributed by atoms with Crippen molar-refractivity contribution in [2.24, 2.45) is 0 Å². The molecule has 9 aromatic rings. The number of allylic oxidation sites excluding steroid dienone is 1. The van der Waals surface area contributed by atoms with Gasteiger partial charge in [0.15, 0.2) is 0 Å². The first-order valence-electron chi connectivity index (χ1n) is 22.6. The van der Waals surface area contributed by atoms with Crippen molar-refractivity contribution < 1.29 is 21.1 Å². The van der Waals surface area contributed by atoms with E-state index in [0.717, 1.165) is 27.9 Å². The summed E-state index contributed by atoms with van der Waals surface area (Å²) in [5.74, 6) is 0. The predicted molar refractivity (Wildman–Crippen MR) is 261 cm³/mol. The first-order chi connectivity index (χ1) is 32.0. The van der Waals surface area contributed by atoms with Crippen LogP contribution in [0.2, 0.25) is 0 Å². The fraction of sp³-hybridized carbons (Fsp3) is 0.0968. The van der Waals surface area contributed by atoms with Crippen LogP contribution in [0.4, 0.5) is 0 Å². The molecule has 0 unspecified atom stereocenters.